The van der Waals surface area contributed by atoms with Gasteiger partial charge in [-0.05, 0) is 56.5 Å². The Balaban J connectivity index is 0.00000400. The van der Waals surface area contributed by atoms with Crippen molar-refractivity contribution in [1.29, 1.82) is 0 Å². The van der Waals surface area contributed by atoms with Gasteiger partial charge in [-0.3, -0.25) is 9.69 Å². The number of nitrogens with zero attached hydrogens (tertiary/aromatic N) is 1. The Hall–Kier alpha value is -2.71. The van der Waals surface area contributed by atoms with Crippen LogP contribution >= 0.6 is 12.4 Å². The summed E-state index contributed by atoms with van der Waals surface area (Å²) < 4.78 is 39.5. The van der Waals surface area contributed by atoms with Crippen LogP contribution in [0.25, 0.3) is 0 Å². The molecule has 6 nitrogen and oxygen atoms in total. The Morgan fingerprint density at radius 3 is 2.53 bits per heavy atom. The standard InChI is InChI=1S/C29H36F2N2O4.ClH/c1-5-6-12-24(21-18-32-16-15-29(21,26(34)36-4)20-10-8-7-9-11-20)33-25(28(2,3)37-27(33)35)19-13-14-22(30)23(31)17-19;/h7-11,13-14,17,21,24-25,32H,5-6,12,15-16,18H2,1-4H3;1H. The molecule has 2 heterocycles. The lowest BCUT2D eigenvalue weighted by Gasteiger charge is -2.49. The van der Waals surface area contributed by atoms with Gasteiger partial charge in [0.1, 0.15) is 17.1 Å². The second-order valence-corrected chi connectivity index (χ2v) is 10.6. The summed E-state index contributed by atoms with van der Waals surface area (Å²) in [5, 5.41) is 3.43. The molecule has 0 saturated carbocycles. The average Bonchev–Trinajstić information content (AvgIpc) is 3.14. The minimum absolute atomic E-state index is 0. The molecule has 4 rings (SSSR count). The summed E-state index contributed by atoms with van der Waals surface area (Å²) >= 11 is 0. The van der Waals surface area contributed by atoms with Crippen molar-refractivity contribution in [2.45, 2.75) is 69.6 Å². The van der Waals surface area contributed by atoms with E-state index >= 15 is 0 Å². The lowest BCUT2D eigenvalue weighted by molar-refractivity contribution is -0.153. The molecule has 0 radical (unpaired) electrons. The Bertz CT molecular complexity index is 1130. The molecule has 4 atom stereocenters. The van der Waals surface area contributed by atoms with E-state index in [0.29, 0.717) is 31.5 Å². The first-order chi connectivity index (χ1) is 17.7. The van der Waals surface area contributed by atoms with E-state index in [1.54, 1.807) is 18.7 Å². The predicted molar refractivity (Wildman–Crippen MR) is 143 cm³/mol. The van der Waals surface area contributed by atoms with Gasteiger partial charge in [-0.1, -0.05) is 56.2 Å². The van der Waals surface area contributed by atoms with Gasteiger partial charge in [0.15, 0.2) is 11.6 Å². The summed E-state index contributed by atoms with van der Waals surface area (Å²) in [4.78, 5) is 28.9. The Morgan fingerprint density at radius 1 is 1.18 bits per heavy atom. The van der Waals surface area contributed by atoms with Crippen LogP contribution in [0.4, 0.5) is 13.6 Å². The molecule has 208 valence electrons. The van der Waals surface area contributed by atoms with Crippen LogP contribution in [-0.2, 0) is 19.7 Å². The number of methoxy groups -OCH3 is 1. The first kappa shape index (κ1) is 29.8. The number of hydrogen-bond donors (Lipinski definition) is 1. The van der Waals surface area contributed by atoms with E-state index in [9.17, 15) is 18.4 Å². The van der Waals surface area contributed by atoms with Crippen molar-refractivity contribution in [3.8, 4) is 0 Å². The van der Waals surface area contributed by atoms with E-state index in [1.807, 2.05) is 30.3 Å². The quantitative estimate of drug-likeness (QED) is 0.412. The number of unbranched alkanes of at least 4 members (excludes halogenated alkanes) is 1. The van der Waals surface area contributed by atoms with E-state index in [2.05, 4.69) is 12.2 Å². The Labute approximate surface area is 229 Å². The van der Waals surface area contributed by atoms with Gasteiger partial charge in [0.05, 0.1) is 7.11 Å². The molecule has 2 aromatic carbocycles. The van der Waals surface area contributed by atoms with Crippen molar-refractivity contribution < 1.29 is 27.8 Å². The minimum Gasteiger partial charge on any atom is -0.468 e. The molecule has 0 aliphatic carbocycles. The second kappa shape index (κ2) is 12.0. The number of cyclic esters (lactones) is 1. The van der Waals surface area contributed by atoms with Crippen LogP contribution in [-0.4, -0.2) is 48.8 Å². The highest BCUT2D eigenvalue weighted by atomic mass is 35.5. The van der Waals surface area contributed by atoms with Crippen LogP contribution in [0.2, 0.25) is 0 Å². The molecule has 9 heteroatoms. The van der Waals surface area contributed by atoms with E-state index in [-0.39, 0.29) is 24.3 Å². The number of hydrogen-bond acceptors (Lipinski definition) is 5. The number of nitrogens with one attached hydrogen (secondary N) is 1. The van der Waals surface area contributed by atoms with Crippen LogP contribution in [0.5, 0.6) is 0 Å². The monoisotopic (exact) mass is 550 g/mol. The third-order valence-electron chi connectivity index (χ3n) is 7.96. The molecule has 2 aliphatic heterocycles. The lowest BCUT2D eigenvalue weighted by Crippen LogP contribution is -2.61. The van der Waals surface area contributed by atoms with Crippen molar-refractivity contribution in [3.63, 3.8) is 0 Å². The molecule has 1 N–H and O–H groups in total. The fraction of sp³-hybridized carbons (Fsp3) is 0.517. The molecular formula is C29H37ClF2N2O4. The number of halogens is 3. The number of esters is 1. The summed E-state index contributed by atoms with van der Waals surface area (Å²) in [5.74, 6) is -2.63. The highest BCUT2D eigenvalue weighted by Crippen LogP contribution is 2.49. The average molecular weight is 551 g/mol. The number of rotatable bonds is 8. The van der Waals surface area contributed by atoms with Gasteiger partial charge in [0.2, 0.25) is 0 Å². The zero-order valence-corrected chi connectivity index (χ0v) is 23.2. The van der Waals surface area contributed by atoms with Gasteiger partial charge in [-0.15, -0.1) is 12.4 Å². The molecule has 2 aliphatic rings. The van der Waals surface area contributed by atoms with E-state index in [1.165, 1.54) is 13.2 Å². The van der Waals surface area contributed by atoms with Gasteiger partial charge >= 0.3 is 12.1 Å². The Kier molecular flexibility index (Phi) is 9.42. The predicted octanol–water partition coefficient (Wildman–Crippen LogP) is 5.94. The minimum atomic E-state index is -1.01. The third-order valence-corrected chi connectivity index (χ3v) is 7.96. The van der Waals surface area contributed by atoms with Gasteiger partial charge in [0.25, 0.3) is 0 Å². The van der Waals surface area contributed by atoms with Gasteiger partial charge in [-0.2, -0.15) is 0 Å². The van der Waals surface area contributed by atoms with Crippen molar-refractivity contribution >= 4 is 24.5 Å². The maximum atomic E-state index is 14.4. The van der Waals surface area contributed by atoms with Gasteiger partial charge in [0, 0.05) is 18.5 Å². The molecule has 2 fully saturated rings. The SMILES string of the molecule is CCCCC(C1CNCCC1(C(=O)OC)c1ccccc1)N1C(=O)OC(C)(C)C1c1ccc(F)c(F)c1.Cl. The van der Waals surface area contributed by atoms with Crippen LogP contribution in [0.15, 0.2) is 48.5 Å². The highest BCUT2D eigenvalue weighted by molar-refractivity contribution is 5.85. The molecule has 1 amide bonds. The van der Waals surface area contributed by atoms with Crippen molar-refractivity contribution in [2.24, 2.45) is 5.92 Å². The second-order valence-electron chi connectivity index (χ2n) is 10.6. The molecule has 38 heavy (non-hydrogen) atoms. The summed E-state index contributed by atoms with van der Waals surface area (Å²) in [5.41, 5.74) is -0.714. The van der Waals surface area contributed by atoms with Gasteiger partial charge < -0.3 is 14.8 Å². The highest BCUT2D eigenvalue weighted by Gasteiger charge is 2.58. The van der Waals surface area contributed by atoms with Crippen LogP contribution in [0, 0.1) is 17.6 Å². The van der Waals surface area contributed by atoms with E-state index < -0.39 is 40.8 Å². The van der Waals surface area contributed by atoms with E-state index in [0.717, 1.165) is 30.5 Å². The van der Waals surface area contributed by atoms with E-state index in [4.69, 9.17) is 9.47 Å². The number of carbonyl (C=O) groups excluding carboxylic acids is 2. The topological polar surface area (TPSA) is 67.9 Å². The largest absolute Gasteiger partial charge is 0.468 e. The van der Waals surface area contributed by atoms with Crippen LogP contribution in [0.3, 0.4) is 0 Å². The number of benzene rings is 2. The fourth-order valence-corrected chi connectivity index (χ4v) is 6.31. The molecular weight excluding hydrogens is 514 g/mol. The number of piperidine rings is 1. The summed E-state index contributed by atoms with van der Waals surface area (Å²) in [6, 6.07) is 12.2. The maximum absolute atomic E-state index is 14.4. The van der Waals surface area contributed by atoms with Gasteiger partial charge in [-0.25, -0.2) is 13.6 Å². The molecule has 2 saturated heterocycles. The molecule has 0 spiro atoms. The van der Waals surface area contributed by atoms with Crippen LogP contribution < -0.4 is 5.32 Å². The van der Waals surface area contributed by atoms with Crippen molar-refractivity contribution in [1.82, 2.24) is 10.2 Å². The summed E-state index contributed by atoms with van der Waals surface area (Å²) in [7, 11) is 1.39. The first-order valence-corrected chi connectivity index (χ1v) is 13.0. The Morgan fingerprint density at radius 2 is 1.89 bits per heavy atom. The number of amides is 1. The summed E-state index contributed by atoms with van der Waals surface area (Å²) in [6.45, 7) is 6.71. The molecule has 4 unspecified atom stereocenters. The first-order valence-electron chi connectivity index (χ1n) is 13.0. The molecule has 0 bridgehead atoms. The summed E-state index contributed by atoms with van der Waals surface area (Å²) in [6.07, 6.45) is 2.27. The lowest BCUT2D eigenvalue weighted by atomic mass is 9.62. The molecule has 0 aromatic heterocycles. The third kappa shape index (κ3) is 5.25. The smallest absolute Gasteiger partial charge is 0.411 e. The zero-order chi connectivity index (χ0) is 26.8. The number of carbonyl (C=O) groups is 2. The number of ether oxygens (including phenoxy) is 2. The maximum Gasteiger partial charge on any atom is 0.411 e. The van der Waals surface area contributed by atoms with Crippen LogP contribution in [0.1, 0.15) is 63.6 Å². The molecule has 2 aromatic rings. The normalized spacial score (nSPS) is 25.3. The van der Waals surface area contributed by atoms with Crippen molar-refractivity contribution in [3.05, 3.63) is 71.3 Å². The zero-order valence-electron chi connectivity index (χ0n) is 22.3. The fourth-order valence-electron chi connectivity index (χ4n) is 6.31. The van der Waals surface area contributed by atoms with Crippen molar-refractivity contribution in [2.75, 3.05) is 20.2 Å².